The Labute approximate surface area is 128 Å². The molecule has 0 saturated carbocycles. The van der Waals surface area contributed by atoms with Crippen molar-refractivity contribution in [2.24, 2.45) is 0 Å². The van der Waals surface area contributed by atoms with Gasteiger partial charge in [-0.3, -0.25) is 14.9 Å². The van der Waals surface area contributed by atoms with Gasteiger partial charge in [0.1, 0.15) is 11.3 Å². The number of rotatable bonds is 3. The highest BCUT2D eigenvalue weighted by molar-refractivity contribution is 8.00. The lowest BCUT2D eigenvalue weighted by molar-refractivity contribution is -0.384. The molecule has 1 fully saturated rings. The second-order valence-electron chi connectivity index (χ2n) is 5.18. The van der Waals surface area contributed by atoms with E-state index in [1.54, 1.807) is 24.1 Å². The molecular weight excluding hydrogens is 290 g/mol. The van der Waals surface area contributed by atoms with Crippen molar-refractivity contribution >= 4 is 29.0 Å². The molecule has 7 heteroatoms. The summed E-state index contributed by atoms with van der Waals surface area (Å²) < 4.78 is 0. The van der Waals surface area contributed by atoms with Crippen LogP contribution in [0.4, 0.5) is 11.4 Å². The number of benzene rings is 1. The minimum absolute atomic E-state index is 0.150. The average Bonchev–Trinajstić information content (AvgIpc) is 2.44. The number of nitro benzene ring substituents is 1. The molecule has 1 saturated heterocycles. The molecule has 0 bridgehead atoms. The summed E-state index contributed by atoms with van der Waals surface area (Å²) in [5.74, 6) is -0.266. The van der Waals surface area contributed by atoms with Gasteiger partial charge in [0.2, 0.25) is 0 Å². The predicted octanol–water partition coefficient (Wildman–Crippen LogP) is 2.60. The second kappa shape index (κ2) is 6.34. The van der Waals surface area contributed by atoms with E-state index in [-0.39, 0.29) is 17.2 Å². The SMILES string of the molecule is CNc1cccc(C(=O)N2CC(C)SC(C)C2)c1[N+](=O)[O-]. The van der Waals surface area contributed by atoms with Crippen LogP contribution in [0.2, 0.25) is 0 Å². The number of nitrogens with one attached hydrogen (secondary N) is 1. The van der Waals surface area contributed by atoms with Crippen molar-refractivity contribution in [3.8, 4) is 0 Å². The lowest BCUT2D eigenvalue weighted by Crippen LogP contribution is -2.44. The summed E-state index contributed by atoms with van der Waals surface area (Å²) in [6.07, 6.45) is 0. The minimum atomic E-state index is -0.495. The zero-order chi connectivity index (χ0) is 15.6. The molecule has 1 aliphatic rings. The Balaban J connectivity index is 2.37. The Kier molecular flexibility index (Phi) is 4.72. The van der Waals surface area contributed by atoms with E-state index in [1.165, 1.54) is 6.07 Å². The van der Waals surface area contributed by atoms with Gasteiger partial charge in [-0.2, -0.15) is 11.8 Å². The summed E-state index contributed by atoms with van der Waals surface area (Å²) in [6.45, 7) is 5.38. The number of thioether (sulfide) groups is 1. The smallest absolute Gasteiger partial charge is 0.305 e. The number of carbonyl (C=O) groups is 1. The van der Waals surface area contributed by atoms with Crippen molar-refractivity contribution in [2.45, 2.75) is 24.3 Å². The van der Waals surface area contributed by atoms with Crippen LogP contribution in [0.3, 0.4) is 0 Å². The third-order valence-corrected chi connectivity index (χ3v) is 4.65. The molecule has 1 aliphatic heterocycles. The topological polar surface area (TPSA) is 75.5 Å². The molecule has 0 radical (unpaired) electrons. The molecule has 1 N–H and O–H groups in total. The molecule has 21 heavy (non-hydrogen) atoms. The summed E-state index contributed by atoms with van der Waals surface area (Å²) in [4.78, 5) is 25.2. The van der Waals surface area contributed by atoms with Crippen LogP contribution in [0.1, 0.15) is 24.2 Å². The number of carbonyl (C=O) groups excluding carboxylic acids is 1. The first kappa shape index (κ1) is 15.6. The highest BCUT2D eigenvalue weighted by Gasteiger charge is 2.31. The molecule has 1 amide bonds. The molecule has 2 unspecified atom stereocenters. The molecule has 114 valence electrons. The molecule has 2 atom stereocenters. The van der Waals surface area contributed by atoms with Crippen LogP contribution in [0.15, 0.2) is 18.2 Å². The zero-order valence-electron chi connectivity index (χ0n) is 12.3. The van der Waals surface area contributed by atoms with E-state index >= 15 is 0 Å². The fourth-order valence-corrected chi connectivity index (χ4v) is 3.95. The summed E-state index contributed by atoms with van der Waals surface area (Å²) in [6, 6.07) is 4.79. The van der Waals surface area contributed by atoms with Gasteiger partial charge in [0.05, 0.1) is 4.92 Å². The Morgan fingerprint density at radius 1 is 1.38 bits per heavy atom. The Bertz CT molecular complexity index is 554. The summed E-state index contributed by atoms with van der Waals surface area (Å²) in [5, 5.41) is 14.8. The van der Waals surface area contributed by atoms with Gasteiger partial charge < -0.3 is 10.2 Å². The number of hydrogen-bond donors (Lipinski definition) is 1. The maximum atomic E-state index is 12.7. The van der Waals surface area contributed by atoms with E-state index in [0.717, 1.165) is 0 Å². The second-order valence-corrected chi connectivity index (χ2v) is 7.06. The van der Waals surface area contributed by atoms with Crippen LogP contribution in [-0.4, -0.2) is 46.4 Å². The maximum absolute atomic E-state index is 12.7. The fourth-order valence-electron chi connectivity index (χ4n) is 2.63. The van der Waals surface area contributed by atoms with Crippen molar-refractivity contribution < 1.29 is 9.72 Å². The first-order chi connectivity index (χ1) is 9.93. The van der Waals surface area contributed by atoms with Gasteiger partial charge in [-0.25, -0.2) is 0 Å². The molecule has 1 aromatic rings. The van der Waals surface area contributed by atoms with Crippen molar-refractivity contribution in [3.63, 3.8) is 0 Å². The fraction of sp³-hybridized carbons (Fsp3) is 0.500. The number of nitrogens with zero attached hydrogens (tertiary/aromatic N) is 2. The largest absolute Gasteiger partial charge is 0.383 e. The molecule has 0 aliphatic carbocycles. The number of amides is 1. The summed E-state index contributed by atoms with van der Waals surface area (Å²) >= 11 is 1.84. The van der Waals surface area contributed by atoms with Crippen LogP contribution < -0.4 is 5.32 Å². The van der Waals surface area contributed by atoms with E-state index in [1.807, 2.05) is 11.8 Å². The number of nitro groups is 1. The normalized spacial score (nSPS) is 22.0. The zero-order valence-corrected chi connectivity index (χ0v) is 13.1. The first-order valence-electron chi connectivity index (χ1n) is 6.84. The van der Waals surface area contributed by atoms with Crippen molar-refractivity contribution in [1.82, 2.24) is 4.90 Å². The monoisotopic (exact) mass is 309 g/mol. The molecule has 2 rings (SSSR count). The van der Waals surface area contributed by atoms with Gasteiger partial charge >= 0.3 is 5.69 Å². The molecule has 0 spiro atoms. The van der Waals surface area contributed by atoms with Gasteiger partial charge in [-0.05, 0) is 12.1 Å². The van der Waals surface area contributed by atoms with E-state index < -0.39 is 4.92 Å². The van der Waals surface area contributed by atoms with E-state index in [0.29, 0.717) is 29.3 Å². The highest BCUT2D eigenvalue weighted by atomic mass is 32.2. The lowest BCUT2D eigenvalue weighted by atomic mass is 10.1. The predicted molar refractivity (Wildman–Crippen MR) is 85.1 cm³/mol. The third kappa shape index (κ3) is 3.29. The average molecular weight is 309 g/mol. The molecule has 6 nitrogen and oxygen atoms in total. The van der Waals surface area contributed by atoms with Crippen LogP contribution in [0.5, 0.6) is 0 Å². The van der Waals surface area contributed by atoms with E-state index in [9.17, 15) is 14.9 Å². The van der Waals surface area contributed by atoms with Crippen LogP contribution in [0.25, 0.3) is 0 Å². The summed E-state index contributed by atoms with van der Waals surface area (Å²) in [7, 11) is 1.61. The van der Waals surface area contributed by atoms with Gasteiger partial charge in [-0.1, -0.05) is 19.9 Å². The molecular formula is C14H19N3O3S. The Morgan fingerprint density at radius 3 is 2.52 bits per heavy atom. The van der Waals surface area contributed by atoms with Crippen molar-refractivity contribution in [1.29, 1.82) is 0 Å². The van der Waals surface area contributed by atoms with Crippen molar-refractivity contribution in [2.75, 3.05) is 25.5 Å². The number of anilines is 1. The third-order valence-electron chi connectivity index (χ3n) is 3.43. The summed E-state index contributed by atoms with van der Waals surface area (Å²) in [5.41, 5.74) is 0.361. The number of hydrogen-bond acceptors (Lipinski definition) is 5. The van der Waals surface area contributed by atoms with Crippen molar-refractivity contribution in [3.05, 3.63) is 33.9 Å². The van der Waals surface area contributed by atoms with Gasteiger partial charge in [0, 0.05) is 30.6 Å². The quantitative estimate of drug-likeness (QED) is 0.686. The lowest BCUT2D eigenvalue weighted by Gasteiger charge is -2.34. The van der Waals surface area contributed by atoms with Crippen LogP contribution in [-0.2, 0) is 0 Å². The Hall–Kier alpha value is -1.76. The van der Waals surface area contributed by atoms with Gasteiger partial charge in [0.15, 0.2) is 0 Å². The van der Waals surface area contributed by atoms with Crippen LogP contribution >= 0.6 is 11.8 Å². The first-order valence-corrected chi connectivity index (χ1v) is 7.78. The maximum Gasteiger partial charge on any atom is 0.305 e. The van der Waals surface area contributed by atoms with Gasteiger partial charge in [-0.15, -0.1) is 0 Å². The van der Waals surface area contributed by atoms with Crippen LogP contribution in [0, 0.1) is 10.1 Å². The van der Waals surface area contributed by atoms with E-state index in [4.69, 9.17) is 0 Å². The molecule has 1 heterocycles. The molecule has 1 aromatic carbocycles. The minimum Gasteiger partial charge on any atom is -0.383 e. The number of para-hydroxylation sites is 1. The highest BCUT2D eigenvalue weighted by Crippen LogP contribution is 2.31. The standard InChI is InChI=1S/C14H19N3O3S/c1-9-7-16(8-10(2)21-9)14(18)11-5-4-6-12(15-3)13(11)17(19)20/h4-6,9-10,15H,7-8H2,1-3H3. The molecule has 0 aromatic heterocycles. The van der Waals surface area contributed by atoms with Gasteiger partial charge in [0.25, 0.3) is 5.91 Å². The Morgan fingerprint density at radius 2 is 2.00 bits per heavy atom. The van der Waals surface area contributed by atoms with E-state index in [2.05, 4.69) is 19.2 Å².